The monoisotopic (exact) mass is 279 g/mol. The van der Waals surface area contributed by atoms with Crippen molar-refractivity contribution in [1.82, 2.24) is 5.32 Å². The number of carbonyl (C=O) groups excluding carboxylic acids is 1. The lowest BCUT2D eigenvalue weighted by Gasteiger charge is -2.22. The summed E-state index contributed by atoms with van der Waals surface area (Å²) < 4.78 is 9.94. The molecule has 1 N–H and O–H groups in total. The fourth-order valence-electron chi connectivity index (χ4n) is 2.03. The number of nitrogens with one attached hydrogen (secondary N) is 1. The maximum atomic E-state index is 11.8. The Morgan fingerprint density at radius 2 is 1.80 bits per heavy atom. The molecule has 0 aromatic heterocycles. The maximum absolute atomic E-state index is 11.8. The van der Waals surface area contributed by atoms with Gasteiger partial charge in [-0.25, -0.2) is 0 Å². The number of hydrogen-bond acceptors (Lipinski definition) is 4. The average molecular weight is 279 g/mol. The van der Waals surface area contributed by atoms with E-state index in [4.69, 9.17) is 9.47 Å². The van der Waals surface area contributed by atoms with E-state index in [-0.39, 0.29) is 17.9 Å². The molecule has 112 valence electrons. The lowest BCUT2D eigenvalue weighted by atomic mass is 9.99. The van der Waals surface area contributed by atoms with Gasteiger partial charge in [-0.15, -0.1) is 0 Å². The predicted octanol–water partition coefficient (Wildman–Crippen LogP) is 2.51. The van der Waals surface area contributed by atoms with Gasteiger partial charge >= 0.3 is 5.97 Å². The molecule has 20 heavy (non-hydrogen) atoms. The zero-order valence-corrected chi connectivity index (χ0v) is 12.8. The highest BCUT2D eigenvalue weighted by Crippen LogP contribution is 2.11. The number of hydrogen-bond donors (Lipinski definition) is 1. The minimum atomic E-state index is -0.261. The smallest absolute Gasteiger partial charge is 0.323 e. The van der Waals surface area contributed by atoms with Crippen LogP contribution in [0, 0.1) is 5.92 Å². The number of ether oxygens (including phenoxy) is 2. The molecular formula is C16H25NO3. The van der Waals surface area contributed by atoms with Gasteiger partial charge in [-0.05, 0) is 17.0 Å². The average Bonchev–Trinajstić information content (AvgIpc) is 2.48. The summed E-state index contributed by atoms with van der Waals surface area (Å²) >= 11 is 0. The topological polar surface area (TPSA) is 47.6 Å². The Labute approximate surface area is 121 Å². The minimum absolute atomic E-state index is 0.199. The molecule has 1 aromatic rings. The number of rotatable bonds is 8. The number of benzene rings is 1. The van der Waals surface area contributed by atoms with Crippen LogP contribution >= 0.6 is 0 Å². The summed E-state index contributed by atoms with van der Waals surface area (Å²) in [6, 6.07) is 7.91. The summed E-state index contributed by atoms with van der Waals surface area (Å²) in [6.45, 7) is 5.39. The number of carbonyl (C=O) groups is 1. The van der Waals surface area contributed by atoms with Crippen LogP contribution in [0.3, 0.4) is 0 Å². The standard InChI is InChI=1S/C16H25NO3/c1-5-12(2)15(16(18)20-4)17-10-13-6-8-14(9-7-13)11-19-3/h6-9,12,15,17H,5,10-11H2,1-4H3. The second-order valence-corrected chi connectivity index (χ2v) is 5.02. The van der Waals surface area contributed by atoms with Crippen molar-refractivity contribution >= 4 is 5.97 Å². The maximum Gasteiger partial charge on any atom is 0.323 e. The van der Waals surface area contributed by atoms with Crippen molar-refractivity contribution in [3.05, 3.63) is 35.4 Å². The number of methoxy groups -OCH3 is 2. The van der Waals surface area contributed by atoms with E-state index < -0.39 is 0 Å². The molecule has 2 atom stereocenters. The molecule has 0 saturated carbocycles. The summed E-state index contributed by atoms with van der Waals surface area (Å²) in [5.41, 5.74) is 2.28. The minimum Gasteiger partial charge on any atom is -0.468 e. The molecular weight excluding hydrogens is 254 g/mol. The van der Waals surface area contributed by atoms with E-state index in [0.29, 0.717) is 13.2 Å². The lowest BCUT2D eigenvalue weighted by molar-refractivity contribution is -0.144. The first-order valence-electron chi connectivity index (χ1n) is 7.00. The van der Waals surface area contributed by atoms with Gasteiger partial charge in [-0.2, -0.15) is 0 Å². The van der Waals surface area contributed by atoms with Gasteiger partial charge in [0, 0.05) is 13.7 Å². The van der Waals surface area contributed by atoms with Crippen molar-refractivity contribution in [2.24, 2.45) is 5.92 Å². The second-order valence-electron chi connectivity index (χ2n) is 5.02. The largest absolute Gasteiger partial charge is 0.468 e. The van der Waals surface area contributed by atoms with Crippen LogP contribution in [0.4, 0.5) is 0 Å². The SMILES string of the molecule is CCC(C)C(NCc1ccc(COC)cc1)C(=O)OC. The van der Waals surface area contributed by atoms with Crippen LogP contribution in [0.25, 0.3) is 0 Å². The van der Waals surface area contributed by atoms with Crippen LogP contribution in [0.2, 0.25) is 0 Å². The molecule has 0 amide bonds. The molecule has 0 bridgehead atoms. The van der Waals surface area contributed by atoms with E-state index >= 15 is 0 Å². The highest BCUT2D eigenvalue weighted by molar-refractivity contribution is 5.75. The van der Waals surface area contributed by atoms with Gasteiger partial charge in [0.25, 0.3) is 0 Å². The molecule has 0 saturated heterocycles. The van der Waals surface area contributed by atoms with Crippen LogP contribution < -0.4 is 5.32 Å². The molecule has 0 spiro atoms. The zero-order valence-electron chi connectivity index (χ0n) is 12.8. The van der Waals surface area contributed by atoms with Gasteiger partial charge in [-0.1, -0.05) is 44.5 Å². The summed E-state index contributed by atoms with van der Waals surface area (Å²) in [5, 5.41) is 3.28. The predicted molar refractivity (Wildman–Crippen MR) is 79.3 cm³/mol. The van der Waals surface area contributed by atoms with Crippen molar-refractivity contribution in [2.45, 2.75) is 39.5 Å². The van der Waals surface area contributed by atoms with Crippen molar-refractivity contribution in [2.75, 3.05) is 14.2 Å². The molecule has 1 rings (SSSR count). The molecule has 0 aliphatic heterocycles. The first-order chi connectivity index (χ1) is 9.62. The van der Waals surface area contributed by atoms with E-state index in [0.717, 1.165) is 17.5 Å². The molecule has 4 heteroatoms. The Morgan fingerprint density at radius 3 is 2.30 bits per heavy atom. The van der Waals surface area contributed by atoms with Crippen LogP contribution in [0.15, 0.2) is 24.3 Å². The molecule has 0 fully saturated rings. The van der Waals surface area contributed by atoms with Crippen LogP contribution in [0.5, 0.6) is 0 Å². The van der Waals surface area contributed by atoms with E-state index in [1.165, 1.54) is 7.11 Å². The van der Waals surface area contributed by atoms with E-state index in [1.807, 2.05) is 24.3 Å². The molecule has 0 aliphatic rings. The highest BCUT2D eigenvalue weighted by Gasteiger charge is 2.23. The Morgan fingerprint density at radius 1 is 1.20 bits per heavy atom. The first-order valence-corrected chi connectivity index (χ1v) is 7.00. The van der Waals surface area contributed by atoms with Gasteiger partial charge in [0.1, 0.15) is 6.04 Å². The Balaban J connectivity index is 2.60. The molecule has 0 radical (unpaired) electrons. The molecule has 1 aromatic carbocycles. The van der Waals surface area contributed by atoms with Gasteiger partial charge in [0.05, 0.1) is 13.7 Å². The van der Waals surface area contributed by atoms with Crippen LogP contribution in [-0.2, 0) is 27.4 Å². The quantitative estimate of drug-likeness (QED) is 0.743. The van der Waals surface area contributed by atoms with Crippen molar-refractivity contribution < 1.29 is 14.3 Å². The summed E-state index contributed by atoms with van der Waals surface area (Å²) in [5.74, 6) is 0.0468. The van der Waals surface area contributed by atoms with E-state index in [1.54, 1.807) is 7.11 Å². The third kappa shape index (κ3) is 4.94. The fraction of sp³-hybridized carbons (Fsp3) is 0.562. The van der Waals surface area contributed by atoms with E-state index in [9.17, 15) is 4.79 Å². The Kier molecular flexibility index (Phi) is 7.26. The summed E-state index contributed by atoms with van der Waals surface area (Å²) in [4.78, 5) is 11.8. The van der Waals surface area contributed by atoms with Gasteiger partial charge in [-0.3, -0.25) is 4.79 Å². The molecule has 0 aliphatic carbocycles. The normalized spacial score (nSPS) is 13.8. The Hall–Kier alpha value is -1.39. The van der Waals surface area contributed by atoms with Gasteiger partial charge in [0.2, 0.25) is 0 Å². The summed E-state index contributed by atoms with van der Waals surface area (Å²) in [7, 11) is 3.11. The van der Waals surface area contributed by atoms with Crippen molar-refractivity contribution in [3.8, 4) is 0 Å². The third-order valence-electron chi connectivity index (χ3n) is 3.53. The highest BCUT2D eigenvalue weighted by atomic mass is 16.5. The van der Waals surface area contributed by atoms with Gasteiger partial charge < -0.3 is 14.8 Å². The Bertz CT molecular complexity index is 403. The first kappa shape index (κ1) is 16.7. The summed E-state index contributed by atoms with van der Waals surface area (Å²) in [6.07, 6.45) is 0.930. The molecule has 2 unspecified atom stereocenters. The van der Waals surface area contributed by atoms with Crippen LogP contribution in [0.1, 0.15) is 31.4 Å². The van der Waals surface area contributed by atoms with E-state index in [2.05, 4.69) is 19.2 Å². The second kappa shape index (κ2) is 8.72. The molecule has 0 heterocycles. The van der Waals surface area contributed by atoms with Crippen molar-refractivity contribution in [3.63, 3.8) is 0 Å². The van der Waals surface area contributed by atoms with Crippen molar-refractivity contribution in [1.29, 1.82) is 0 Å². The number of esters is 1. The zero-order chi connectivity index (χ0) is 15.0. The lowest BCUT2D eigenvalue weighted by Crippen LogP contribution is -2.42. The van der Waals surface area contributed by atoms with Gasteiger partial charge in [0.15, 0.2) is 0 Å². The molecule has 4 nitrogen and oxygen atoms in total. The van der Waals surface area contributed by atoms with Crippen LogP contribution in [-0.4, -0.2) is 26.2 Å². The third-order valence-corrected chi connectivity index (χ3v) is 3.53. The fourth-order valence-corrected chi connectivity index (χ4v) is 2.03.